The lowest BCUT2D eigenvalue weighted by molar-refractivity contribution is 0.0663. The fraction of sp³-hybridized carbons (Fsp3) is 0.116. The minimum atomic E-state index is 0.156. The topological polar surface area (TPSA) is 359 Å². The van der Waals surface area contributed by atoms with Gasteiger partial charge in [-0.25, -0.2) is 44.6 Å². The van der Waals surface area contributed by atoms with Gasteiger partial charge in [-0.15, -0.1) is 0 Å². The molecule has 0 aliphatic heterocycles. The maximum atomic E-state index is 5.82. The lowest BCUT2D eigenvalue weighted by Crippen LogP contribution is -2.02. The maximum absolute atomic E-state index is 5.82. The predicted octanol–water partition coefficient (Wildman–Crippen LogP) is 19.1. The van der Waals surface area contributed by atoms with Crippen LogP contribution in [0, 0.1) is 0 Å². The van der Waals surface area contributed by atoms with Crippen molar-refractivity contribution in [2.75, 3.05) is 21.3 Å². The second-order valence-corrected chi connectivity index (χ2v) is 29.9. The molecule has 0 amide bonds. The number of methoxy groups -OCH3 is 3. The summed E-state index contributed by atoms with van der Waals surface area (Å²) in [6.07, 6.45) is 20.5. The molecule has 0 fully saturated rings. The molecule has 7 N–H and O–H groups in total. The Morgan fingerprint density at radius 3 is 1.24 bits per heavy atom. The number of benzene rings is 7. The molecule has 7 aromatic carbocycles. The van der Waals surface area contributed by atoms with E-state index >= 15 is 0 Å². The molecule has 0 saturated carbocycles. The van der Waals surface area contributed by atoms with Crippen molar-refractivity contribution in [3.8, 4) is 90.6 Å². The van der Waals surface area contributed by atoms with E-state index in [2.05, 4.69) is 146 Å². The summed E-state index contributed by atoms with van der Waals surface area (Å²) in [4.78, 5) is 68.9. The van der Waals surface area contributed by atoms with Crippen molar-refractivity contribution in [2.24, 2.45) is 7.05 Å². The first-order valence-electron chi connectivity index (χ1n) is 39.8. The van der Waals surface area contributed by atoms with Gasteiger partial charge >= 0.3 is 0 Å². The molecule has 16 heterocycles. The molecular weight excluding hydrogens is 1540 g/mol. The summed E-state index contributed by atoms with van der Waals surface area (Å²) in [5.74, 6) is 2.88. The SMILES string of the molecule is CC(C)OCc1cccc2[nH]c(-c3[nH]nc4ncc(-c5cncc6ccccc56)cc34)nc12.COCc1cccc2[nH]c(-c3[nH]nc4ncc(-c5cccnc5)cc34)nc12.COCc1cccc2[nH]c(-c3[nH]nc4ncc(-c5cnc6ccccc6c5)cc34)nc12.COCc1cccc2[nH]c(-c3nn(C)c4ncc(-c5cncc6ccccc56)cc34)nc12. The number of pyridine rings is 8. The van der Waals surface area contributed by atoms with Gasteiger partial charge < -0.3 is 38.9 Å². The second kappa shape index (κ2) is 32.8. The highest BCUT2D eigenvalue weighted by molar-refractivity contribution is 6.03. The Balaban J connectivity index is 0.000000104. The molecule has 0 radical (unpaired) electrons. The van der Waals surface area contributed by atoms with E-state index in [0.29, 0.717) is 49.2 Å². The summed E-state index contributed by atoms with van der Waals surface area (Å²) in [7, 11) is 6.95. The molecule has 28 nitrogen and oxygen atoms in total. The predicted molar refractivity (Wildman–Crippen MR) is 478 cm³/mol. The van der Waals surface area contributed by atoms with Crippen molar-refractivity contribution in [1.82, 2.24) is 120 Å². The number of nitrogens with zero attached hydrogens (tertiary/aromatic N) is 17. The van der Waals surface area contributed by atoms with Crippen LogP contribution < -0.4 is 0 Å². The Hall–Kier alpha value is -15.9. The number of aryl methyl sites for hydroxylation is 1. The monoisotopic (exact) mass is 1620 g/mol. The molecule has 123 heavy (non-hydrogen) atoms. The largest absolute Gasteiger partial charge is 0.380 e. The highest BCUT2D eigenvalue weighted by Gasteiger charge is 2.23. The van der Waals surface area contributed by atoms with Crippen molar-refractivity contribution < 1.29 is 18.9 Å². The summed E-state index contributed by atoms with van der Waals surface area (Å²) < 4.78 is 23.5. The lowest BCUT2D eigenvalue weighted by Gasteiger charge is -2.07. The number of hydrogen-bond acceptors (Lipinski definition) is 20. The molecule has 16 aromatic heterocycles. The highest BCUT2D eigenvalue weighted by atomic mass is 16.5. The molecule has 0 aliphatic carbocycles. The van der Waals surface area contributed by atoms with Crippen LogP contribution in [0.15, 0.2) is 256 Å². The van der Waals surface area contributed by atoms with Crippen molar-refractivity contribution in [3.63, 3.8) is 0 Å². The van der Waals surface area contributed by atoms with Gasteiger partial charge in [0.15, 0.2) is 45.9 Å². The zero-order chi connectivity index (χ0) is 83.0. The number of aromatic amines is 7. The molecule has 23 rings (SSSR count). The first-order chi connectivity index (χ1) is 60.5. The quantitative estimate of drug-likeness (QED) is 0.0445. The van der Waals surface area contributed by atoms with Crippen LogP contribution in [-0.4, -0.2) is 148 Å². The number of hydrogen-bond donors (Lipinski definition) is 7. The summed E-state index contributed by atoms with van der Waals surface area (Å²) >= 11 is 0. The van der Waals surface area contributed by atoms with E-state index in [0.717, 1.165) is 211 Å². The van der Waals surface area contributed by atoms with Crippen molar-refractivity contribution in [3.05, 3.63) is 278 Å². The number of ether oxygens (including phenoxy) is 4. The Morgan fingerprint density at radius 1 is 0.341 bits per heavy atom. The minimum Gasteiger partial charge on any atom is -0.380 e. The van der Waals surface area contributed by atoms with Crippen LogP contribution in [0.2, 0.25) is 0 Å². The van der Waals surface area contributed by atoms with Crippen LogP contribution >= 0.6 is 0 Å². The Morgan fingerprint density at radius 2 is 0.756 bits per heavy atom. The van der Waals surface area contributed by atoms with Gasteiger partial charge in [-0.1, -0.05) is 121 Å². The van der Waals surface area contributed by atoms with Gasteiger partial charge in [-0.3, -0.25) is 35.2 Å². The van der Waals surface area contributed by atoms with E-state index in [1.807, 2.05) is 204 Å². The zero-order valence-corrected chi connectivity index (χ0v) is 67.4. The number of fused-ring (bicyclic) bond motifs is 11. The van der Waals surface area contributed by atoms with Crippen molar-refractivity contribution in [2.45, 2.75) is 46.4 Å². The van der Waals surface area contributed by atoms with E-state index in [9.17, 15) is 0 Å². The molecule has 0 aliphatic rings. The van der Waals surface area contributed by atoms with Gasteiger partial charge in [0, 0.05) is 179 Å². The van der Waals surface area contributed by atoms with E-state index in [4.69, 9.17) is 49.0 Å². The normalized spacial score (nSPS) is 11.7. The van der Waals surface area contributed by atoms with Crippen LogP contribution in [0.4, 0.5) is 0 Å². The molecule has 0 atom stereocenters. The molecule has 0 spiro atoms. The van der Waals surface area contributed by atoms with Crippen LogP contribution in [0.1, 0.15) is 36.1 Å². The molecular formula is C95H76N24O4. The number of H-pyrrole nitrogens is 7. The van der Waals surface area contributed by atoms with Crippen LogP contribution in [0.25, 0.3) is 211 Å². The average molecular weight is 1620 g/mol. The molecule has 28 heteroatoms. The summed E-state index contributed by atoms with van der Waals surface area (Å²) in [5.41, 5.74) is 26.5. The number of aromatic nitrogens is 24. The smallest absolute Gasteiger partial charge is 0.181 e. The minimum absolute atomic E-state index is 0.156. The number of rotatable bonds is 17. The van der Waals surface area contributed by atoms with E-state index in [-0.39, 0.29) is 6.10 Å². The fourth-order valence-corrected chi connectivity index (χ4v) is 15.6. The summed E-state index contributed by atoms with van der Waals surface area (Å²) in [5, 5.41) is 36.3. The maximum Gasteiger partial charge on any atom is 0.181 e. The Labute approximate surface area is 699 Å². The van der Waals surface area contributed by atoms with Crippen LogP contribution in [-0.2, 0) is 52.4 Å². The summed E-state index contributed by atoms with van der Waals surface area (Å²) in [6, 6.07) is 63.1. The molecule has 600 valence electrons. The Bertz CT molecular complexity index is 7860. The number of para-hydroxylation sites is 5. The Kier molecular flexibility index (Phi) is 20.2. The van der Waals surface area contributed by atoms with Crippen LogP contribution in [0.3, 0.4) is 0 Å². The zero-order valence-electron chi connectivity index (χ0n) is 67.4. The van der Waals surface area contributed by atoms with Crippen molar-refractivity contribution in [1.29, 1.82) is 0 Å². The molecule has 0 unspecified atom stereocenters. The van der Waals surface area contributed by atoms with Gasteiger partial charge in [-0.05, 0) is 91.3 Å². The molecule has 0 saturated heterocycles. The van der Waals surface area contributed by atoms with E-state index in [1.54, 1.807) is 38.4 Å². The average Bonchev–Trinajstić information content (AvgIpc) is 1.68. The third kappa shape index (κ3) is 14.8. The number of nitrogens with one attached hydrogen (secondary N) is 7. The third-order valence-electron chi connectivity index (χ3n) is 21.6. The standard InChI is InChI=1S/C26H22N6O.C25H20N6O.C24H18N6O.C20H16N6O/c1-15(2)33-14-17-7-5-9-22-23(17)30-26(29-22)24-20-10-18(12-28-25(20)32-31-24)21-13-27-11-16-6-3-4-8-19(16)21;1-31-25-19(10-17(12-27-25)20-13-26-11-15-6-3-4-8-18(15)20)23(30-31)24-28-21-9-5-7-16(14-32-2)22(21)29-24;1-31-13-15-6-4-8-20-21(15)28-24(27-20)22-18-10-17(12-26-23(18)30-29-22)16-9-14-5-2-3-7-19(14)25-11-16;1-27-11-13-4-2-6-16-17(13)24-20(23-16)18-15-8-14(10-22-19(15)26-25-18)12-5-3-7-21-9-12/h3-13,15H,14H2,1-2H3,(H,29,30)(H,28,31,32);3-13H,14H2,1-2H3,(H,28,29);2-12H,13H2,1H3,(H,27,28)(H,26,29,30);2-10H,11H2,1H3,(H,23,24)(H,22,25,26). The first kappa shape index (κ1) is 75.8. The molecule has 0 bridgehead atoms. The van der Waals surface area contributed by atoms with Gasteiger partial charge in [0.1, 0.15) is 22.8 Å². The summed E-state index contributed by atoms with van der Waals surface area (Å²) in [6.45, 7) is 6.10. The van der Waals surface area contributed by atoms with Gasteiger partial charge in [0.05, 0.1) is 104 Å². The second-order valence-electron chi connectivity index (χ2n) is 29.9. The highest BCUT2D eigenvalue weighted by Crippen LogP contribution is 2.38. The third-order valence-corrected chi connectivity index (χ3v) is 21.6. The van der Waals surface area contributed by atoms with E-state index < -0.39 is 0 Å². The fourth-order valence-electron chi connectivity index (χ4n) is 15.6. The van der Waals surface area contributed by atoms with Gasteiger partial charge in [-0.2, -0.15) is 20.4 Å². The first-order valence-corrected chi connectivity index (χ1v) is 39.8. The van der Waals surface area contributed by atoms with E-state index in [1.165, 1.54) is 0 Å². The van der Waals surface area contributed by atoms with Gasteiger partial charge in [0.25, 0.3) is 0 Å². The van der Waals surface area contributed by atoms with Crippen LogP contribution in [0.5, 0.6) is 0 Å². The molecule has 23 aromatic rings. The number of imidazole rings is 4. The van der Waals surface area contributed by atoms with Crippen molar-refractivity contribution >= 4 is 121 Å². The lowest BCUT2D eigenvalue weighted by atomic mass is 10.0. The van der Waals surface area contributed by atoms with Gasteiger partial charge in [0.2, 0.25) is 0 Å².